The summed E-state index contributed by atoms with van der Waals surface area (Å²) < 4.78 is 32.0. The Bertz CT molecular complexity index is 915. The second kappa shape index (κ2) is 17.4. The summed E-state index contributed by atoms with van der Waals surface area (Å²) in [5.74, 6) is -1.47. The summed E-state index contributed by atoms with van der Waals surface area (Å²) in [7, 11) is 0. The molecule has 0 saturated carbocycles. The number of aliphatic carboxylic acids is 1. The third-order valence-corrected chi connectivity index (χ3v) is 6.45. The fourth-order valence-electron chi connectivity index (χ4n) is 2.91. The molecule has 0 spiro atoms. The Labute approximate surface area is 249 Å². The van der Waals surface area contributed by atoms with E-state index in [0.29, 0.717) is 21.8 Å². The fraction of sp³-hybridized carbons (Fsp3) is 0.364. The van der Waals surface area contributed by atoms with Crippen molar-refractivity contribution in [2.45, 2.75) is 22.6 Å². The van der Waals surface area contributed by atoms with Crippen LogP contribution in [0.1, 0.15) is 11.1 Å². The summed E-state index contributed by atoms with van der Waals surface area (Å²) in [4.78, 5) is 14.5. The molecule has 0 unspecified atom stereocenters. The zero-order chi connectivity index (χ0) is 22.8. The molecule has 0 amide bonds. The minimum Gasteiger partial charge on any atom is -0.870 e. The first-order valence-corrected chi connectivity index (χ1v) is 12.4. The van der Waals surface area contributed by atoms with Crippen LogP contribution in [0.2, 0.25) is 0 Å². The van der Waals surface area contributed by atoms with Gasteiger partial charge in [-0.2, -0.15) is 0 Å². The van der Waals surface area contributed by atoms with E-state index in [0.717, 1.165) is 36.9 Å². The predicted molar refractivity (Wildman–Crippen MR) is 128 cm³/mol. The molecule has 1 aliphatic rings. The Morgan fingerprint density at radius 3 is 1.85 bits per heavy atom. The van der Waals surface area contributed by atoms with Gasteiger partial charge in [0, 0.05) is 29.3 Å². The maximum absolute atomic E-state index is 13.6. The van der Waals surface area contributed by atoms with Gasteiger partial charge in [-0.05, 0) is 47.9 Å². The third-order valence-electron chi connectivity index (χ3n) is 4.51. The second-order valence-electron chi connectivity index (χ2n) is 6.68. The Hall–Kier alpha value is -0.0836. The van der Waals surface area contributed by atoms with Crippen molar-refractivity contribution in [1.82, 2.24) is 4.90 Å². The maximum Gasteiger partial charge on any atom is 1.00 e. The second-order valence-corrected chi connectivity index (χ2v) is 8.85. The smallest absolute Gasteiger partial charge is 0.870 e. The average Bonchev–Trinajstić information content (AvgIpc) is 2.75. The predicted octanol–water partition coefficient (Wildman–Crippen LogP) is 1.75. The van der Waals surface area contributed by atoms with Gasteiger partial charge in [0.05, 0.1) is 24.6 Å². The van der Waals surface area contributed by atoms with Crippen LogP contribution in [0.15, 0.2) is 46.2 Å². The Balaban J connectivity index is 0.000000613. The number of nitrogens with zero attached hydrogens (tertiary/aromatic N) is 1. The number of morpholine rings is 1. The van der Waals surface area contributed by atoms with Crippen LogP contribution in [0.3, 0.4) is 0 Å². The Kier molecular flexibility index (Phi) is 17.3. The quantitative estimate of drug-likeness (QED) is 0.337. The fourth-order valence-corrected chi connectivity index (χ4v) is 4.18. The molecule has 2 aromatic rings. The minimum atomic E-state index is -0.948. The maximum atomic E-state index is 13.6. The zero-order valence-corrected chi connectivity index (χ0v) is 24.4. The van der Waals surface area contributed by atoms with Crippen LogP contribution in [0.4, 0.5) is 8.78 Å². The topological polar surface area (TPSA) is 79.8 Å². The monoisotopic (exact) mass is 541 g/mol. The molecule has 33 heavy (non-hydrogen) atoms. The van der Waals surface area contributed by atoms with Crippen LogP contribution >= 0.6 is 35.7 Å². The minimum absolute atomic E-state index is 0. The van der Waals surface area contributed by atoms with Gasteiger partial charge in [0.15, 0.2) is 0 Å². The molecule has 176 valence electrons. The van der Waals surface area contributed by atoms with Gasteiger partial charge in [-0.3, -0.25) is 4.79 Å². The van der Waals surface area contributed by atoms with Crippen LogP contribution < -0.4 is 51.4 Å². The van der Waals surface area contributed by atoms with Crippen LogP contribution in [0, 0.1) is 11.6 Å². The van der Waals surface area contributed by atoms with E-state index in [-0.39, 0.29) is 74.9 Å². The van der Waals surface area contributed by atoms with E-state index in [1.54, 1.807) is 24.5 Å². The number of ether oxygens (including phenoxy) is 1. The zero-order valence-electron chi connectivity index (χ0n) is 18.8. The van der Waals surface area contributed by atoms with Gasteiger partial charge in [0.25, 0.3) is 0 Å². The van der Waals surface area contributed by atoms with E-state index in [1.165, 1.54) is 29.6 Å². The van der Waals surface area contributed by atoms with Gasteiger partial charge in [-0.25, -0.2) is 8.78 Å². The molecule has 0 atom stereocenters. The SMILES string of the molecule is CSc1ccc(CC(=O)O)cc1F.CSc1ccc(CC(=S)N2CCOCC2)cc1F.[K+].[OH-]. The van der Waals surface area contributed by atoms with Crippen molar-refractivity contribution in [3.8, 4) is 0 Å². The average molecular weight is 542 g/mol. The molecule has 1 aliphatic heterocycles. The molecule has 3 rings (SSSR count). The molecule has 0 aromatic heterocycles. The molecule has 0 bridgehead atoms. The summed E-state index contributed by atoms with van der Waals surface area (Å²) in [6.45, 7) is 3.12. The Morgan fingerprint density at radius 2 is 1.45 bits per heavy atom. The first-order chi connectivity index (χ1) is 14.8. The van der Waals surface area contributed by atoms with Gasteiger partial charge < -0.3 is 20.2 Å². The summed E-state index contributed by atoms with van der Waals surface area (Å²) in [5, 5.41) is 8.46. The van der Waals surface area contributed by atoms with E-state index >= 15 is 0 Å². The van der Waals surface area contributed by atoms with Gasteiger partial charge in [0.2, 0.25) is 0 Å². The molecule has 1 saturated heterocycles. The molecule has 0 aliphatic carbocycles. The van der Waals surface area contributed by atoms with Crippen LogP contribution in [-0.4, -0.2) is 65.3 Å². The number of carbonyl (C=O) groups is 1. The number of carboxylic acids is 1. The Morgan fingerprint density at radius 1 is 1.00 bits per heavy atom. The molecule has 1 fully saturated rings. The van der Waals surface area contributed by atoms with E-state index in [1.807, 2.05) is 18.4 Å². The molecule has 2 N–H and O–H groups in total. The number of hydrogen-bond acceptors (Lipinski definition) is 6. The number of benzene rings is 2. The van der Waals surface area contributed by atoms with E-state index in [4.69, 9.17) is 22.1 Å². The third kappa shape index (κ3) is 11.5. The molecule has 2 aromatic carbocycles. The van der Waals surface area contributed by atoms with Crippen molar-refractivity contribution < 1.29 is 80.3 Å². The van der Waals surface area contributed by atoms with Crippen molar-refractivity contribution >= 4 is 46.7 Å². The molecule has 5 nitrogen and oxygen atoms in total. The number of thiocarbonyl (C=S) groups is 1. The normalized spacial score (nSPS) is 12.5. The van der Waals surface area contributed by atoms with Gasteiger partial charge in [0.1, 0.15) is 11.6 Å². The molecular weight excluding hydrogens is 516 g/mol. The summed E-state index contributed by atoms with van der Waals surface area (Å²) in [6, 6.07) is 9.83. The molecule has 0 radical (unpaired) electrons. The van der Waals surface area contributed by atoms with Crippen LogP contribution in [0.5, 0.6) is 0 Å². The van der Waals surface area contributed by atoms with Crippen molar-refractivity contribution in [2.75, 3.05) is 38.8 Å². The van der Waals surface area contributed by atoms with E-state index < -0.39 is 5.97 Å². The first kappa shape index (κ1) is 32.9. The largest absolute Gasteiger partial charge is 1.00 e. The number of thioether (sulfide) groups is 2. The van der Waals surface area contributed by atoms with Crippen LogP contribution in [0.25, 0.3) is 0 Å². The van der Waals surface area contributed by atoms with Crippen molar-refractivity contribution in [1.29, 1.82) is 0 Å². The molecule has 11 heteroatoms. The van der Waals surface area contributed by atoms with E-state index in [2.05, 4.69) is 4.90 Å². The van der Waals surface area contributed by atoms with Gasteiger partial charge in [-0.15, -0.1) is 23.5 Å². The standard InChI is InChI=1S/C13H16FNOS2.C9H9FO2S.K.H2O/c1-18-12-3-2-10(8-11(12)14)9-13(17)15-4-6-16-7-5-15;1-13-8-3-2-6(4-7(8)10)5-9(11)12;;/h2-3,8H,4-7,9H2,1H3;2-4H,5H2,1H3,(H,11,12);;1H2/q;;+1;/p-1. The van der Waals surface area contributed by atoms with Gasteiger partial charge >= 0.3 is 57.4 Å². The number of halogens is 2. The van der Waals surface area contributed by atoms with Crippen molar-refractivity contribution in [3.63, 3.8) is 0 Å². The van der Waals surface area contributed by atoms with Gasteiger partial charge in [-0.1, -0.05) is 24.4 Å². The number of rotatable bonds is 6. The molecular formula is C22H26F2KNO4S3. The summed E-state index contributed by atoms with van der Waals surface area (Å²) >= 11 is 8.12. The van der Waals surface area contributed by atoms with Crippen molar-refractivity contribution in [3.05, 3.63) is 59.2 Å². The first-order valence-electron chi connectivity index (χ1n) is 9.56. The van der Waals surface area contributed by atoms with E-state index in [9.17, 15) is 13.6 Å². The number of hydrogen-bond donors (Lipinski definition) is 1. The summed E-state index contributed by atoms with van der Waals surface area (Å²) in [5.41, 5.74) is 1.42. The number of carboxylic acid groups (broad SMARTS) is 1. The van der Waals surface area contributed by atoms with Crippen molar-refractivity contribution in [2.24, 2.45) is 0 Å². The molecule has 1 heterocycles. The summed E-state index contributed by atoms with van der Waals surface area (Å²) in [6.07, 6.45) is 4.14. The van der Waals surface area contributed by atoms with Crippen LogP contribution in [-0.2, 0) is 22.4 Å².